The molecule has 0 radical (unpaired) electrons. The van der Waals surface area contributed by atoms with Crippen LogP contribution in [0.4, 0.5) is 0 Å². The van der Waals surface area contributed by atoms with Crippen LogP contribution in [0.25, 0.3) is 0 Å². The highest BCUT2D eigenvalue weighted by atomic mass is 15.3. The molecule has 0 aliphatic carbocycles. The van der Waals surface area contributed by atoms with Crippen molar-refractivity contribution in [2.24, 2.45) is 5.92 Å². The van der Waals surface area contributed by atoms with Crippen molar-refractivity contribution in [1.82, 2.24) is 10.2 Å². The molecule has 0 bridgehead atoms. The second kappa shape index (κ2) is 3.86. The molecule has 2 aliphatic heterocycles. The fraction of sp³-hybridized carbons (Fsp3) is 0.571. The SMILES string of the molecule is CC12CNCC1CCN2Cc1ccccc1. The summed E-state index contributed by atoms with van der Waals surface area (Å²) < 4.78 is 0. The fourth-order valence-corrected chi connectivity index (χ4v) is 3.28. The van der Waals surface area contributed by atoms with Crippen LogP contribution >= 0.6 is 0 Å². The maximum Gasteiger partial charge on any atom is 0.0350 e. The van der Waals surface area contributed by atoms with E-state index in [4.69, 9.17) is 0 Å². The molecule has 0 saturated carbocycles. The molecule has 1 aromatic rings. The number of nitrogens with one attached hydrogen (secondary N) is 1. The molecule has 0 aromatic heterocycles. The molecule has 2 atom stereocenters. The number of hydrogen-bond donors (Lipinski definition) is 1. The monoisotopic (exact) mass is 216 g/mol. The molecule has 0 amide bonds. The molecule has 86 valence electrons. The van der Waals surface area contributed by atoms with E-state index in [-0.39, 0.29) is 0 Å². The van der Waals surface area contributed by atoms with Crippen molar-refractivity contribution in [2.75, 3.05) is 19.6 Å². The van der Waals surface area contributed by atoms with E-state index in [1.165, 1.54) is 25.1 Å². The summed E-state index contributed by atoms with van der Waals surface area (Å²) >= 11 is 0. The van der Waals surface area contributed by atoms with E-state index in [9.17, 15) is 0 Å². The Morgan fingerprint density at radius 2 is 2.19 bits per heavy atom. The summed E-state index contributed by atoms with van der Waals surface area (Å²) in [4.78, 5) is 2.66. The van der Waals surface area contributed by atoms with E-state index in [0.717, 1.165) is 19.0 Å². The van der Waals surface area contributed by atoms with Crippen LogP contribution in [-0.2, 0) is 6.54 Å². The van der Waals surface area contributed by atoms with Gasteiger partial charge >= 0.3 is 0 Å². The molecule has 2 heterocycles. The Morgan fingerprint density at radius 1 is 1.38 bits per heavy atom. The Balaban J connectivity index is 1.77. The van der Waals surface area contributed by atoms with Gasteiger partial charge in [0.15, 0.2) is 0 Å². The van der Waals surface area contributed by atoms with Gasteiger partial charge in [-0.25, -0.2) is 0 Å². The molecule has 2 saturated heterocycles. The summed E-state index contributed by atoms with van der Waals surface area (Å²) in [6, 6.07) is 10.8. The smallest absolute Gasteiger partial charge is 0.0350 e. The Labute approximate surface area is 97.6 Å². The largest absolute Gasteiger partial charge is 0.315 e. The maximum atomic E-state index is 3.54. The highest BCUT2D eigenvalue weighted by Gasteiger charge is 2.47. The average Bonchev–Trinajstić information content (AvgIpc) is 2.80. The lowest BCUT2D eigenvalue weighted by molar-refractivity contribution is 0.144. The fourth-order valence-electron chi connectivity index (χ4n) is 3.28. The molecular weight excluding hydrogens is 196 g/mol. The van der Waals surface area contributed by atoms with Crippen LogP contribution in [0.2, 0.25) is 0 Å². The molecular formula is C14H20N2. The second-order valence-electron chi connectivity index (χ2n) is 5.38. The van der Waals surface area contributed by atoms with Crippen LogP contribution in [0.1, 0.15) is 18.9 Å². The third-order valence-electron chi connectivity index (χ3n) is 4.44. The number of rotatable bonds is 2. The first-order chi connectivity index (χ1) is 7.79. The summed E-state index contributed by atoms with van der Waals surface area (Å²) in [5.74, 6) is 0.858. The van der Waals surface area contributed by atoms with Crippen molar-refractivity contribution >= 4 is 0 Å². The molecule has 2 aliphatic rings. The van der Waals surface area contributed by atoms with E-state index in [0.29, 0.717) is 5.54 Å². The lowest BCUT2D eigenvalue weighted by Crippen LogP contribution is -2.45. The zero-order valence-electron chi connectivity index (χ0n) is 9.95. The van der Waals surface area contributed by atoms with Crippen molar-refractivity contribution < 1.29 is 0 Å². The molecule has 2 nitrogen and oxygen atoms in total. The van der Waals surface area contributed by atoms with Gasteiger partial charge in [0.2, 0.25) is 0 Å². The van der Waals surface area contributed by atoms with Crippen LogP contribution in [0.3, 0.4) is 0 Å². The van der Waals surface area contributed by atoms with Crippen LogP contribution in [-0.4, -0.2) is 30.1 Å². The second-order valence-corrected chi connectivity index (χ2v) is 5.38. The van der Waals surface area contributed by atoms with Gasteiger partial charge in [-0.3, -0.25) is 4.90 Å². The molecule has 1 aromatic carbocycles. The van der Waals surface area contributed by atoms with Crippen LogP contribution in [0.5, 0.6) is 0 Å². The van der Waals surface area contributed by atoms with Gasteiger partial charge in [-0.1, -0.05) is 30.3 Å². The summed E-state index contributed by atoms with van der Waals surface area (Å²) in [5.41, 5.74) is 1.84. The molecule has 0 spiro atoms. The Bertz CT molecular complexity index is 362. The zero-order valence-corrected chi connectivity index (χ0v) is 9.95. The third-order valence-corrected chi connectivity index (χ3v) is 4.44. The first-order valence-corrected chi connectivity index (χ1v) is 6.29. The lowest BCUT2D eigenvalue weighted by Gasteiger charge is -2.34. The number of likely N-dealkylation sites (tertiary alicyclic amines) is 1. The minimum absolute atomic E-state index is 0.399. The minimum Gasteiger partial charge on any atom is -0.315 e. The summed E-state index contributed by atoms with van der Waals surface area (Å²) in [5, 5.41) is 3.54. The first-order valence-electron chi connectivity index (χ1n) is 6.29. The van der Waals surface area contributed by atoms with E-state index in [1.807, 2.05) is 0 Å². The number of fused-ring (bicyclic) bond motifs is 1. The highest BCUT2D eigenvalue weighted by Crippen LogP contribution is 2.38. The van der Waals surface area contributed by atoms with Gasteiger partial charge in [0.1, 0.15) is 0 Å². The molecule has 2 fully saturated rings. The quantitative estimate of drug-likeness (QED) is 0.812. The first kappa shape index (κ1) is 10.3. The summed E-state index contributed by atoms with van der Waals surface area (Å²) in [6.07, 6.45) is 1.36. The third kappa shape index (κ3) is 1.57. The van der Waals surface area contributed by atoms with E-state index < -0.39 is 0 Å². The minimum atomic E-state index is 0.399. The summed E-state index contributed by atoms with van der Waals surface area (Å²) in [7, 11) is 0. The van der Waals surface area contributed by atoms with Crippen molar-refractivity contribution in [3.63, 3.8) is 0 Å². The van der Waals surface area contributed by atoms with Crippen LogP contribution in [0, 0.1) is 5.92 Å². The molecule has 16 heavy (non-hydrogen) atoms. The van der Waals surface area contributed by atoms with E-state index >= 15 is 0 Å². The van der Waals surface area contributed by atoms with Gasteiger partial charge in [0.05, 0.1) is 0 Å². The molecule has 2 heteroatoms. The average molecular weight is 216 g/mol. The van der Waals surface area contributed by atoms with Gasteiger partial charge in [-0.15, -0.1) is 0 Å². The van der Waals surface area contributed by atoms with Crippen LogP contribution in [0.15, 0.2) is 30.3 Å². The normalized spacial score (nSPS) is 34.2. The van der Waals surface area contributed by atoms with Crippen molar-refractivity contribution in [3.05, 3.63) is 35.9 Å². The highest BCUT2D eigenvalue weighted by molar-refractivity contribution is 5.16. The molecule has 3 rings (SSSR count). The molecule has 1 N–H and O–H groups in total. The standard InChI is InChI=1S/C14H20N2/c1-14-11-15-9-13(14)7-8-16(14)10-12-5-3-2-4-6-12/h2-6,13,15H,7-11H2,1H3. The topological polar surface area (TPSA) is 15.3 Å². The van der Waals surface area contributed by atoms with Crippen molar-refractivity contribution in [2.45, 2.75) is 25.4 Å². The molecule has 2 unspecified atom stereocenters. The Hall–Kier alpha value is -0.860. The van der Waals surface area contributed by atoms with Crippen molar-refractivity contribution in [3.8, 4) is 0 Å². The van der Waals surface area contributed by atoms with Crippen LogP contribution < -0.4 is 5.32 Å². The summed E-state index contributed by atoms with van der Waals surface area (Å²) in [6.45, 7) is 7.16. The van der Waals surface area contributed by atoms with Gasteiger partial charge < -0.3 is 5.32 Å². The number of hydrogen-bond acceptors (Lipinski definition) is 2. The number of benzene rings is 1. The van der Waals surface area contributed by atoms with Gasteiger partial charge in [0, 0.05) is 18.6 Å². The van der Waals surface area contributed by atoms with E-state index in [2.05, 4.69) is 47.5 Å². The number of nitrogens with zero attached hydrogens (tertiary/aromatic N) is 1. The predicted molar refractivity (Wildman–Crippen MR) is 66.2 cm³/mol. The Kier molecular flexibility index (Phi) is 2.49. The zero-order chi connectivity index (χ0) is 11.0. The van der Waals surface area contributed by atoms with E-state index in [1.54, 1.807) is 0 Å². The van der Waals surface area contributed by atoms with Gasteiger partial charge in [0.25, 0.3) is 0 Å². The lowest BCUT2D eigenvalue weighted by atomic mass is 9.90. The maximum absolute atomic E-state index is 3.54. The van der Waals surface area contributed by atoms with Gasteiger partial charge in [-0.2, -0.15) is 0 Å². The Morgan fingerprint density at radius 3 is 3.00 bits per heavy atom. The van der Waals surface area contributed by atoms with Gasteiger partial charge in [-0.05, 0) is 37.9 Å². The van der Waals surface area contributed by atoms with Crippen molar-refractivity contribution in [1.29, 1.82) is 0 Å². The predicted octanol–water partition coefficient (Wildman–Crippen LogP) is 1.87.